The molecule has 0 radical (unpaired) electrons. The number of aliphatic hydroxyl groups is 1. The number of aromatic nitrogens is 2. The van der Waals surface area contributed by atoms with E-state index in [0.29, 0.717) is 0 Å². The molecule has 0 aliphatic heterocycles. The second-order valence-corrected chi connectivity index (χ2v) is 2.79. The van der Waals surface area contributed by atoms with Crippen LogP contribution in [0.25, 0.3) is 0 Å². The van der Waals surface area contributed by atoms with Gasteiger partial charge in [0.15, 0.2) is 5.69 Å². The topological polar surface area (TPSA) is 38.0 Å². The van der Waals surface area contributed by atoms with Gasteiger partial charge >= 0.3 is 6.18 Å². The van der Waals surface area contributed by atoms with Crippen LogP contribution in [0.15, 0.2) is 18.9 Å². The first kappa shape index (κ1) is 10.8. The maximum Gasteiger partial charge on any atom is 0.435 e. The molecule has 6 heteroatoms. The lowest BCUT2D eigenvalue weighted by Gasteiger charge is -2.07. The van der Waals surface area contributed by atoms with Crippen LogP contribution >= 0.6 is 0 Å². The molecule has 0 aromatic carbocycles. The van der Waals surface area contributed by atoms with Gasteiger partial charge in [-0.15, -0.1) is 6.58 Å². The van der Waals surface area contributed by atoms with Crippen molar-refractivity contribution in [2.75, 3.05) is 0 Å². The van der Waals surface area contributed by atoms with Gasteiger partial charge in [-0.3, -0.25) is 4.68 Å². The van der Waals surface area contributed by atoms with E-state index in [0.717, 1.165) is 17.0 Å². The van der Waals surface area contributed by atoms with Gasteiger partial charge in [-0.1, -0.05) is 6.08 Å². The normalized spacial score (nSPS) is 14.1. The zero-order chi connectivity index (χ0) is 10.9. The molecule has 1 atom stereocenters. The molecule has 0 aliphatic rings. The SMILES string of the molecule is C=CC(O)c1cn(C)nc1C(F)(F)F. The number of nitrogens with zero attached hydrogens (tertiary/aromatic N) is 2. The van der Waals surface area contributed by atoms with Crippen LogP contribution in [0, 0.1) is 0 Å². The summed E-state index contributed by atoms with van der Waals surface area (Å²) < 4.78 is 38.0. The molecule has 1 N–H and O–H groups in total. The van der Waals surface area contributed by atoms with E-state index in [1.807, 2.05) is 0 Å². The Bertz CT molecular complexity index is 343. The Morgan fingerprint density at radius 3 is 2.64 bits per heavy atom. The maximum atomic E-state index is 12.3. The molecule has 0 spiro atoms. The van der Waals surface area contributed by atoms with Crippen molar-refractivity contribution in [1.29, 1.82) is 0 Å². The summed E-state index contributed by atoms with van der Waals surface area (Å²) in [6.45, 7) is 3.22. The van der Waals surface area contributed by atoms with Crippen LogP contribution in [0.3, 0.4) is 0 Å². The minimum absolute atomic E-state index is 0.282. The highest BCUT2D eigenvalue weighted by atomic mass is 19.4. The van der Waals surface area contributed by atoms with Crippen molar-refractivity contribution >= 4 is 0 Å². The van der Waals surface area contributed by atoms with Crippen molar-refractivity contribution in [3.8, 4) is 0 Å². The monoisotopic (exact) mass is 206 g/mol. The molecule has 0 bridgehead atoms. The van der Waals surface area contributed by atoms with Crippen LogP contribution < -0.4 is 0 Å². The molecule has 3 nitrogen and oxygen atoms in total. The molecule has 1 aromatic rings. The zero-order valence-corrected chi connectivity index (χ0v) is 7.41. The van der Waals surface area contributed by atoms with Crippen LogP contribution in [0.5, 0.6) is 0 Å². The second kappa shape index (κ2) is 3.45. The highest BCUT2D eigenvalue weighted by Gasteiger charge is 2.38. The summed E-state index contributed by atoms with van der Waals surface area (Å²) in [5.41, 5.74) is -1.36. The molecule has 1 aromatic heterocycles. The molecule has 0 amide bonds. The largest absolute Gasteiger partial charge is 0.435 e. The van der Waals surface area contributed by atoms with Gasteiger partial charge in [-0.05, 0) is 0 Å². The Balaban J connectivity index is 3.22. The molecule has 78 valence electrons. The first-order valence-electron chi connectivity index (χ1n) is 3.77. The number of alkyl halides is 3. The van der Waals surface area contributed by atoms with Crippen molar-refractivity contribution in [1.82, 2.24) is 9.78 Å². The molecule has 0 fully saturated rings. The third kappa shape index (κ3) is 1.95. The van der Waals surface area contributed by atoms with E-state index in [1.165, 1.54) is 7.05 Å². The molecule has 14 heavy (non-hydrogen) atoms. The standard InChI is InChI=1S/C8H9F3N2O/c1-3-6(14)5-4-13(2)12-7(5)8(9,10)11/h3-4,6,14H,1H2,2H3. The predicted octanol–water partition coefficient (Wildman–Crippen LogP) is 1.66. The summed E-state index contributed by atoms with van der Waals surface area (Å²) in [5, 5.41) is 12.5. The lowest BCUT2D eigenvalue weighted by Crippen LogP contribution is -2.10. The van der Waals surface area contributed by atoms with E-state index in [1.54, 1.807) is 0 Å². The summed E-state index contributed by atoms with van der Waals surface area (Å²) in [5.74, 6) is 0. The fourth-order valence-corrected chi connectivity index (χ4v) is 1.07. The Kier molecular flexibility index (Phi) is 2.66. The van der Waals surface area contributed by atoms with Gasteiger partial charge in [-0.25, -0.2) is 0 Å². The van der Waals surface area contributed by atoms with Gasteiger partial charge in [0.2, 0.25) is 0 Å². The second-order valence-electron chi connectivity index (χ2n) is 2.79. The molecule has 1 heterocycles. The van der Waals surface area contributed by atoms with Gasteiger partial charge in [0, 0.05) is 18.8 Å². The average molecular weight is 206 g/mol. The lowest BCUT2D eigenvalue weighted by atomic mass is 10.1. The van der Waals surface area contributed by atoms with Crippen LogP contribution in [-0.4, -0.2) is 14.9 Å². The Labute approximate surface area is 78.5 Å². The molecule has 0 saturated carbocycles. The quantitative estimate of drug-likeness (QED) is 0.747. The van der Waals surface area contributed by atoms with E-state index in [4.69, 9.17) is 0 Å². The van der Waals surface area contributed by atoms with Gasteiger partial charge in [0.25, 0.3) is 0 Å². The Hall–Kier alpha value is -1.30. The van der Waals surface area contributed by atoms with Crippen LogP contribution in [0.1, 0.15) is 17.4 Å². The van der Waals surface area contributed by atoms with E-state index in [-0.39, 0.29) is 5.56 Å². The van der Waals surface area contributed by atoms with E-state index in [9.17, 15) is 18.3 Å². The van der Waals surface area contributed by atoms with Crippen LogP contribution in [0.4, 0.5) is 13.2 Å². The Morgan fingerprint density at radius 1 is 1.64 bits per heavy atom. The van der Waals surface area contributed by atoms with E-state index >= 15 is 0 Å². The number of rotatable bonds is 2. The fourth-order valence-electron chi connectivity index (χ4n) is 1.07. The maximum absolute atomic E-state index is 12.3. The highest BCUT2D eigenvalue weighted by Crippen LogP contribution is 2.33. The summed E-state index contributed by atoms with van der Waals surface area (Å²) >= 11 is 0. The average Bonchev–Trinajstić information content (AvgIpc) is 2.45. The van der Waals surface area contributed by atoms with Gasteiger partial charge < -0.3 is 5.11 Å². The van der Waals surface area contributed by atoms with Crippen molar-refractivity contribution < 1.29 is 18.3 Å². The van der Waals surface area contributed by atoms with Gasteiger partial charge in [-0.2, -0.15) is 18.3 Å². The van der Waals surface area contributed by atoms with Crippen molar-refractivity contribution in [3.63, 3.8) is 0 Å². The molecular weight excluding hydrogens is 197 g/mol. The van der Waals surface area contributed by atoms with Crippen LogP contribution in [0.2, 0.25) is 0 Å². The van der Waals surface area contributed by atoms with Crippen LogP contribution in [-0.2, 0) is 13.2 Å². The summed E-state index contributed by atoms with van der Waals surface area (Å²) in [7, 11) is 1.36. The minimum Gasteiger partial charge on any atom is -0.384 e. The van der Waals surface area contributed by atoms with Gasteiger partial charge in [0.1, 0.15) is 6.10 Å². The number of aliphatic hydroxyl groups excluding tert-OH is 1. The molecule has 1 unspecified atom stereocenters. The summed E-state index contributed by atoms with van der Waals surface area (Å²) in [4.78, 5) is 0. The Morgan fingerprint density at radius 2 is 2.21 bits per heavy atom. The number of hydrogen-bond acceptors (Lipinski definition) is 2. The van der Waals surface area contributed by atoms with E-state index in [2.05, 4.69) is 11.7 Å². The third-order valence-electron chi connectivity index (χ3n) is 1.67. The van der Waals surface area contributed by atoms with Gasteiger partial charge in [0.05, 0.1) is 0 Å². The smallest absolute Gasteiger partial charge is 0.384 e. The molecule has 0 aliphatic carbocycles. The highest BCUT2D eigenvalue weighted by molar-refractivity contribution is 5.25. The fraction of sp³-hybridized carbons (Fsp3) is 0.375. The van der Waals surface area contributed by atoms with E-state index < -0.39 is 18.0 Å². The minimum atomic E-state index is -4.55. The molecule has 1 rings (SSSR count). The first-order valence-corrected chi connectivity index (χ1v) is 3.77. The summed E-state index contributed by atoms with van der Waals surface area (Å²) in [6.07, 6.45) is -3.76. The number of halogens is 3. The molecular formula is C8H9F3N2O. The third-order valence-corrected chi connectivity index (χ3v) is 1.67. The zero-order valence-electron chi connectivity index (χ0n) is 7.41. The van der Waals surface area contributed by atoms with Crippen molar-refractivity contribution in [3.05, 3.63) is 30.1 Å². The summed E-state index contributed by atoms with van der Waals surface area (Å²) in [6, 6.07) is 0. The number of hydrogen-bond donors (Lipinski definition) is 1. The van der Waals surface area contributed by atoms with Crippen molar-refractivity contribution in [2.24, 2.45) is 7.05 Å². The first-order chi connectivity index (χ1) is 6.36. The molecule has 0 saturated heterocycles. The lowest BCUT2D eigenvalue weighted by molar-refractivity contribution is -0.142. The van der Waals surface area contributed by atoms with Crippen molar-refractivity contribution in [2.45, 2.75) is 12.3 Å². The predicted molar refractivity (Wildman–Crippen MR) is 43.4 cm³/mol. The number of aryl methyl sites for hydroxylation is 1.